The lowest BCUT2D eigenvalue weighted by Gasteiger charge is -2.41. The fourth-order valence-corrected chi connectivity index (χ4v) is 2.90. The molecule has 0 aliphatic carbocycles. The number of carbonyl (C=O) groups excluding carboxylic acids is 1. The molecule has 2 rings (SSSR count). The van der Waals surface area contributed by atoms with Crippen molar-refractivity contribution in [1.29, 1.82) is 0 Å². The van der Waals surface area contributed by atoms with Gasteiger partial charge in [0, 0.05) is 6.54 Å². The summed E-state index contributed by atoms with van der Waals surface area (Å²) in [6.07, 6.45) is 0. The van der Waals surface area contributed by atoms with Gasteiger partial charge in [-0.3, -0.25) is 4.79 Å². The van der Waals surface area contributed by atoms with E-state index in [-0.39, 0.29) is 17.3 Å². The van der Waals surface area contributed by atoms with E-state index in [0.29, 0.717) is 11.9 Å². The highest BCUT2D eigenvalue weighted by atomic mass is 32.2. The standard InChI is InChI=1S/C6H11N3OS/c1-8-4-5(10)9-2-3(7)11-6(4)9/h3-4,6,8H,2,7H2,1H3/t3-,4+,6?/m0/s1. The van der Waals surface area contributed by atoms with Gasteiger partial charge in [0.2, 0.25) is 5.91 Å². The van der Waals surface area contributed by atoms with E-state index in [1.165, 1.54) is 0 Å². The maximum Gasteiger partial charge on any atom is 0.243 e. The molecule has 4 nitrogen and oxygen atoms in total. The van der Waals surface area contributed by atoms with E-state index in [0.717, 1.165) is 0 Å². The molecular formula is C6H11N3OS. The molecule has 0 radical (unpaired) electrons. The molecule has 1 amide bonds. The number of hydrogen-bond acceptors (Lipinski definition) is 4. The first-order valence-electron chi connectivity index (χ1n) is 3.63. The number of hydrogen-bond donors (Lipinski definition) is 2. The Morgan fingerprint density at radius 1 is 1.82 bits per heavy atom. The second-order valence-electron chi connectivity index (χ2n) is 2.82. The first-order chi connectivity index (χ1) is 5.24. The van der Waals surface area contributed by atoms with Crippen molar-refractivity contribution in [1.82, 2.24) is 10.2 Å². The first-order valence-corrected chi connectivity index (χ1v) is 4.57. The maximum absolute atomic E-state index is 11.2. The van der Waals surface area contributed by atoms with Crippen LogP contribution >= 0.6 is 11.8 Å². The van der Waals surface area contributed by atoms with Crippen LogP contribution in [0.1, 0.15) is 0 Å². The molecule has 2 aliphatic rings. The van der Waals surface area contributed by atoms with Crippen LogP contribution < -0.4 is 11.1 Å². The molecule has 3 atom stereocenters. The molecule has 0 aromatic heterocycles. The molecule has 0 aromatic carbocycles. The van der Waals surface area contributed by atoms with Gasteiger partial charge in [0.25, 0.3) is 0 Å². The van der Waals surface area contributed by atoms with Crippen molar-refractivity contribution >= 4 is 17.7 Å². The normalized spacial score (nSPS) is 42.2. The average molecular weight is 173 g/mol. The van der Waals surface area contributed by atoms with Gasteiger partial charge in [0.15, 0.2) is 0 Å². The molecule has 62 valence electrons. The lowest BCUT2D eigenvalue weighted by atomic mass is 10.1. The van der Waals surface area contributed by atoms with Crippen molar-refractivity contribution in [2.24, 2.45) is 5.73 Å². The summed E-state index contributed by atoms with van der Waals surface area (Å²) in [6, 6.07) is 0.00792. The van der Waals surface area contributed by atoms with Gasteiger partial charge in [-0.2, -0.15) is 0 Å². The molecule has 1 unspecified atom stereocenters. The summed E-state index contributed by atoms with van der Waals surface area (Å²) in [4.78, 5) is 13.0. The molecule has 5 heteroatoms. The molecule has 2 heterocycles. The van der Waals surface area contributed by atoms with E-state index in [1.807, 2.05) is 11.9 Å². The Morgan fingerprint density at radius 3 is 3.18 bits per heavy atom. The second-order valence-corrected chi connectivity index (χ2v) is 4.18. The zero-order valence-electron chi connectivity index (χ0n) is 6.28. The molecule has 0 saturated carbocycles. The topological polar surface area (TPSA) is 58.4 Å². The Kier molecular flexibility index (Phi) is 1.59. The third kappa shape index (κ3) is 0.881. The van der Waals surface area contributed by atoms with Gasteiger partial charge in [-0.1, -0.05) is 0 Å². The van der Waals surface area contributed by atoms with Crippen molar-refractivity contribution < 1.29 is 4.79 Å². The Bertz CT molecular complexity index is 190. The molecule has 11 heavy (non-hydrogen) atoms. The van der Waals surface area contributed by atoms with E-state index in [4.69, 9.17) is 5.73 Å². The summed E-state index contributed by atoms with van der Waals surface area (Å²) in [5.74, 6) is 0.193. The number of β-lactam (4-membered cyclic amide) rings is 1. The van der Waals surface area contributed by atoms with Crippen LogP contribution in [0.5, 0.6) is 0 Å². The molecule has 2 aliphatic heterocycles. The van der Waals surface area contributed by atoms with Gasteiger partial charge in [-0.15, -0.1) is 11.8 Å². The Morgan fingerprint density at radius 2 is 2.55 bits per heavy atom. The quantitative estimate of drug-likeness (QED) is 0.488. The van der Waals surface area contributed by atoms with Crippen LogP contribution in [0.25, 0.3) is 0 Å². The number of nitrogens with two attached hydrogens (primary N) is 1. The fourth-order valence-electron chi connectivity index (χ4n) is 1.55. The highest BCUT2D eigenvalue weighted by Gasteiger charge is 2.51. The Hall–Kier alpha value is -0.260. The van der Waals surface area contributed by atoms with E-state index in [9.17, 15) is 4.79 Å². The molecular weight excluding hydrogens is 162 g/mol. The van der Waals surface area contributed by atoms with Gasteiger partial charge >= 0.3 is 0 Å². The third-order valence-corrected chi connectivity index (χ3v) is 3.45. The Labute approximate surface area is 69.5 Å². The second kappa shape index (κ2) is 2.36. The molecule has 3 N–H and O–H groups in total. The predicted octanol–water partition coefficient (Wildman–Crippen LogP) is -1.23. The van der Waals surface area contributed by atoms with Crippen molar-refractivity contribution in [3.8, 4) is 0 Å². The summed E-state index contributed by atoms with van der Waals surface area (Å²) in [7, 11) is 1.81. The van der Waals surface area contributed by atoms with Gasteiger partial charge in [-0.25, -0.2) is 0 Å². The zero-order chi connectivity index (χ0) is 8.01. The summed E-state index contributed by atoms with van der Waals surface area (Å²) in [6.45, 7) is 0.715. The van der Waals surface area contributed by atoms with Crippen LogP contribution in [0.4, 0.5) is 0 Å². The third-order valence-electron chi connectivity index (χ3n) is 2.14. The minimum absolute atomic E-state index is 0.00792. The van der Waals surface area contributed by atoms with Crippen LogP contribution in [0.15, 0.2) is 0 Å². The van der Waals surface area contributed by atoms with E-state index in [2.05, 4.69) is 5.32 Å². The Balaban J connectivity index is 2.07. The summed E-state index contributed by atoms with van der Waals surface area (Å²) in [5, 5.41) is 3.38. The largest absolute Gasteiger partial charge is 0.325 e. The molecule has 2 saturated heterocycles. The van der Waals surface area contributed by atoms with Gasteiger partial charge in [0.1, 0.15) is 11.4 Å². The van der Waals surface area contributed by atoms with Gasteiger partial charge in [0.05, 0.1) is 5.37 Å². The monoisotopic (exact) mass is 173 g/mol. The number of thioether (sulfide) groups is 1. The van der Waals surface area contributed by atoms with E-state index in [1.54, 1.807) is 11.8 Å². The van der Waals surface area contributed by atoms with Crippen LogP contribution in [0.3, 0.4) is 0 Å². The van der Waals surface area contributed by atoms with E-state index >= 15 is 0 Å². The summed E-state index contributed by atoms with van der Waals surface area (Å²) in [5.41, 5.74) is 5.68. The smallest absolute Gasteiger partial charge is 0.243 e. The number of amides is 1. The highest BCUT2D eigenvalue weighted by Crippen LogP contribution is 2.37. The number of likely N-dealkylation sites (N-methyl/N-ethyl adjacent to an activating group) is 1. The van der Waals surface area contributed by atoms with Crippen LogP contribution in [0, 0.1) is 0 Å². The summed E-state index contributed by atoms with van der Waals surface area (Å²) >= 11 is 1.67. The first kappa shape index (κ1) is 7.39. The zero-order valence-corrected chi connectivity index (χ0v) is 7.10. The predicted molar refractivity (Wildman–Crippen MR) is 43.9 cm³/mol. The van der Waals surface area contributed by atoms with Crippen molar-refractivity contribution in [3.63, 3.8) is 0 Å². The van der Waals surface area contributed by atoms with Gasteiger partial charge in [-0.05, 0) is 7.05 Å². The van der Waals surface area contributed by atoms with Crippen LogP contribution in [-0.4, -0.2) is 41.2 Å². The number of rotatable bonds is 1. The lowest BCUT2D eigenvalue weighted by Crippen LogP contribution is -2.65. The van der Waals surface area contributed by atoms with Crippen molar-refractivity contribution in [3.05, 3.63) is 0 Å². The lowest BCUT2D eigenvalue weighted by molar-refractivity contribution is -0.144. The SMILES string of the molecule is CN[C@@H]1C(=O)N2C[C@@H](N)SC12. The molecule has 0 aromatic rings. The van der Waals surface area contributed by atoms with Crippen molar-refractivity contribution in [2.75, 3.05) is 13.6 Å². The van der Waals surface area contributed by atoms with Crippen LogP contribution in [-0.2, 0) is 4.79 Å². The average Bonchev–Trinajstić information content (AvgIpc) is 2.30. The molecule has 2 fully saturated rings. The minimum atomic E-state index is 0.00792. The number of nitrogens with zero attached hydrogens (tertiary/aromatic N) is 1. The van der Waals surface area contributed by atoms with Gasteiger partial charge < -0.3 is 16.0 Å². The number of carbonyl (C=O) groups is 1. The maximum atomic E-state index is 11.2. The number of fused-ring (bicyclic) bond motifs is 1. The number of nitrogens with one attached hydrogen (secondary N) is 1. The molecule has 0 spiro atoms. The van der Waals surface area contributed by atoms with Crippen molar-refractivity contribution in [2.45, 2.75) is 16.8 Å². The van der Waals surface area contributed by atoms with Crippen LogP contribution in [0.2, 0.25) is 0 Å². The van der Waals surface area contributed by atoms with E-state index < -0.39 is 0 Å². The fraction of sp³-hybridized carbons (Fsp3) is 0.833. The molecule has 0 bridgehead atoms. The minimum Gasteiger partial charge on any atom is -0.325 e. The summed E-state index contributed by atoms with van der Waals surface area (Å²) < 4.78 is 0. The highest BCUT2D eigenvalue weighted by molar-refractivity contribution is 8.00.